The lowest BCUT2D eigenvalue weighted by Crippen LogP contribution is -2.22. The van der Waals surface area contributed by atoms with Crippen molar-refractivity contribution in [3.05, 3.63) is 47.3 Å². The molecule has 152 valence electrons. The van der Waals surface area contributed by atoms with Crippen molar-refractivity contribution >= 4 is 0 Å². The van der Waals surface area contributed by atoms with Crippen molar-refractivity contribution in [1.82, 2.24) is 9.97 Å². The predicted molar refractivity (Wildman–Crippen MR) is 106 cm³/mol. The molecule has 2 aromatic rings. The summed E-state index contributed by atoms with van der Waals surface area (Å²) in [5, 5.41) is 0. The highest BCUT2D eigenvalue weighted by molar-refractivity contribution is 5.29. The lowest BCUT2D eigenvalue weighted by atomic mass is 10.1. The van der Waals surface area contributed by atoms with E-state index in [2.05, 4.69) is 18.8 Å². The smallest absolute Gasteiger partial charge is 0.238 e. The maximum atomic E-state index is 6.04. The minimum atomic E-state index is -0.190. The van der Waals surface area contributed by atoms with Crippen LogP contribution in [0.4, 0.5) is 0 Å². The first-order chi connectivity index (χ1) is 13.7. The molecule has 0 spiro atoms. The molecule has 1 unspecified atom stereocenters. The Kier molecular flexibility index (Phi) is 7.62. The van der Waals surface area contributed by atoms with Gasteiger partial charge >= 0.3 is 0 Å². The molecular weight excluding hydrogens is 356 g/mol. The molecule has 1 saturated heterocycles. The van der Waals surface area contributed by atoms with Crippen LogP contribution >= 0.6 is 0 Å². The van der Waals surface area contributed by atoms with Gasteiger partial charge in [-0.15, -0.1) is 0 Å². The fourth-order valence-corrected chi connectivity index (χ4v) is 3.10. The zero-order valence-electron chi connectivity index (χ0n) is 17.0. The third kappa shape index (κ3) is 5.91. The second kappa shape index (κ2) is 10.4. The highest BCUT2D eigenvalue weighted by Gasteiger charge is 2.20. The summed E-state index contributed by atoms with van der Waals surface area (Å²) in [6.07, 6.45) is 3.68. The summed E-state index contributed by atoms with van der Waals surface area (Å²) in [7, 11) is 1.61. The van der Waals surface area contributed by atoms with Gasteiger partial charge in [0.05, 0.1) is 13.7 Å². The molecule has 0 radical (unpaired) electrons. The molecular formula is C22H30N2O4. The molecule has 3 rings (SSSR count). The number of hydrogen-bond acceptors (Lipinski definition) is 6. The second-order valence-corrected chi connectivity index (χ2v) is 7.41. The van der Waals surface area contributed by atoms with E-state index >= 15 is 0 Å². The monoisotopic (exact) mass is 386 g/mol. The van der Waals surface area contributed by atoms with Crippen molar-refractivity contribution in [2.24, 2.45) is 5.92 Å². The van der Waals surface area contributed by atoms with Crippen molar-refractivity contribution in [2.75, 3.05) is 13.7 Å². The van der Waals surface area contributed by atoms with Crippen LogP contribution in [0.3, 0.4) is 0 Å². The van der Waals surface area contributed by atoms with Crippen molar-refractivity contribution < 1.29 is 18.9 Å². The van der Waals surface area contributed by atoms with Gasteiger partial charge in [-0.1, -0.05) is 44.2 Å². The Balaban J connectivity index is 1.77. The molecule has 6 heteroatoms. The fourth-order valence-electron chi connectivity index (χ4n) is 3.10. The van der Waals surface area contributed by atoms with E-state index in [1.807, 2.05) is 30.3 Å². The number of benzene rings is 1. The number of aromatic nitrogens is 2. The number of rotatable bonds is 9. The van der Waals surface area contributed by atoms with E-state index in [0.29, 0.717) is 30.0 Å². The Morgan fingerprint density at radius 1 is 1.04 bits per heavy atom. The first-order valence-corrected chi connectivity index (χ1v) is 9.99. The molecule has 0 N–H and O–H groups in total. The molecule has 1 aliphatic rings. The Labute approximate surface area is 167 Å². The summed E-state index contributed by atoms with van der Waals surface area (Å²) in [5.74, 6) is 1.45. The van der Waals surface area contributed by atoms with Gasteiger partial charge in [-0.05, 0) is 37.2 Å². The van der Waals surface area contributed by atoms with E-state index in [0.717, 1.165) is 43.5 Å². The lowest BCUT2D eigenvalue weighted by Gasteiger charge is -2.23. The van der Waals surface area contributed by atoms with Gasteiger partial charge in [0.1, 0.15) is 18.0 Å². The molecule has 6 nitrogen and oxygen atoms in total. The van der Waals surface area contributed by atoms with E-state index in [9.17, 15) is 0 Å². The normalized spacial score (nSPS) is 16.9. The molecule has 0 saturated carbocycles. The van der Waals surface area contributed by atoms with E-state index in [4.69, 9.17) is 23.9 Å². The predicted octanol–water partition coefficient (Wildman–Crippen LogP) is 4.31. The zero-order chi connectivity index (χ0) is 19.8. The number of nitrogens with zero attached hydrogens (tertiary/aromatic N) is 2. The largest absolute Gasteiger partial charge is 0.480 e. The first kappa shape index (κ1) is 20.6. The van der Waals surface area contributed by atoms with Crippen molar-refractivity contribution in [3.63, 3.8) is 0 Å². The molecule has 1 aromatic heterocycles. The average Bonchev–Trinajstić information content (AvgIpc) is 2.72. The highest BCUT2D eigenvalue weighted by atomic mass is 16.7. The minimum Gasteiger partial charge on any atom is -0.480 e. The zero-order valence-corrected chi connectivity index (χ0v) is 17.0. The summed E-state index contributed by atoms with van der Waals surface area (Å²) in [5.41, 5.74) is 2.52. The van der Waals surface area contributed by atoms with Gasteiger partial charge in [0.25, 0.3) is 0 Å². The highest BCUT2D eigenvalue weighted by Crippen LogP contribution is 2.26. The third-order valence-electron chi connectivity index (χ3n) is 4.52. The van der Waals surface area contributed by atoms with Crippen LogP contribution in [-0.4, -0.2) is 30.0 Å². The third-order valence-corrected chi connectivity index (χ3v) is 4.52. The van der Waals surface area contributed by atoms with Crippen LogP contribution in [0.15, 0.2) is 30.3 Å². The standard InChI is InChI=1S/C22H30N2O4/c1-16(2)13-18-22(28-14-17-9-5-4-6-10-17)24-19(21(23-18)25-3)15-27-20-11-7-8-12-26-20/h4-6,9-10,16,20H,7-8,11-15H2,1-3H3. The molecule has 0 amide bonds. The summed E-state index contributed by atoms with van der Waals surface area (Å²) in [4.78, 5) is 9.38. The van der Waals surface area contributed by atoms with Crippen molar-refractivity contribution in [1.29, 1.82) is 0 Å². The Morgan fingerprint density at radius 2 is 1.82 bits per heavy atom. The van der Waals surface area contributed by atoms with Crippen LogP contribution in [-0.2, 0) is 29.1 Å². The van der Waals surface area contributed by atoms with Crippen LogP contribution in [0, 0.1) is 5.92 Å². The molecule has 28 heavy (non-hydrogen) atoms. The van der Waals surface area contributed by atoms with E-state index < -0.39 is 0 Å². The molecule has 1 fully saturated rings. The fraction of sp³-hybridized carbons (Fsp3) is 0.545. The molecule has 1 aliphatic heterocycles. The molecule has 0 bridgehead atoms. The van der Waals surface area contributed by atoms with E-state index in [1.54, 1.807) is 7.11 Å². The maximum Gasteiger partial charge on any atom is 0.238 e. The van der Waals surface area contributed by atoms with Gasteiger partial charge < -0.3 is 18.9 Å². The van der Waals surface area contributed by atoms with Crippen molar-refractivity contribution in [2.45, 2.75) is 59.0 Å². The molecule has 1 aromatic carbocycles. The van der Waals surface area contributed by atoms with Crippen LogP contribution in [0.5, 0.6) is 11.8 Å². The summed E-state index contributed by atoms with van der Waals surface area (Å²) in [6, 6.07) is 10.0. The van der Waals surface area contributed by atoms with Gasteiger partial charge in [-0.2, -0.15) is 0 Å². The van der Waals surface area contributed by atoms with Gasteiger partial charge in [0.15, 0.2) is 6.29 Å². The maximum absolute atomic E-state index is 6.04. The summed E-state index contributed by atoms with van der Waals surface area (Å²) in [6.45, 7) is 5.76. The molecule has 0 aliphatic carbocycles. The van der Waals surface area contributed by atoms with Gasteiger partial charge in [0.2, 0.25) is 11.8 Å². The number of methoxy groups -OCH3 is 1. The summed E-state index contributed by atoms with van der Waals surface area (Å²) >= 11 is 0. The summed E-state index contributed by atoms with van der Waals surface area (Å²) < 4.78 is 23.0. The van der Waals surface area contributed by atoms with Crippen molar-refractivity contribution in [3.8, 4) is 11.8 Å². The quantitative estimate of drug-likeness (QED) is 0.640. The number of hydrogen-bond donors (Lipinski definition) is 0. The average molecular weight is 386 g/mol. The lowest BCUT2D eigenvalue weighted by molar-refractivity contribution is -0.169. The van der Waals surface area contributed by atoms with Crippen LogP contribution in [0.25, 0.3) is 0 Å². The number of ether oxygens (including phenoxy) is 4. The van der Waals surface area contributed by atoms with Gasteiger partial charge in [-0.25, -0.2) is 9.97 Å². The van der Waals surface area contributed by atoms with Crippen LogP contribution < -0.4 is 9.47 Å². The Hall–Kier alpha value is -2.18. The first-order valence-electron chi connectivity index (χ1n) is 9.99. The minimum absolute atomic E-state index is 0.190. The van der Waals surface area contributed by atoms with Crippen LogP contribution in [0.2, 0.25) is 0 Å². The second-order valence-electron chi connectivity index (χ2n) is 7.41. The van der Waals surface area contributed by atoms with Crippen LogP contribution in [0.1, 0.15) is 50.1 Å². The van der Waals surface area contributed by atoms with Gasteiger partial charge in [-0.3, -0.25) is 0 Å². The molecule has 2 heterocycles. The topological polar surface area (TPSA) is 62.7 Å². The van der Waals surface area contributed by atoms with E-state index in [-0.39, 0.29) is 12.9 Å². The Bertz CT molecular complexity index is 731. The molecule has 1 atom stereocenters. The SMILES string of the molecule is COc1nc(CC(C)C)c(OCc2ccccc2)nc1COC1CCCCO1. The Morgan fingerprint density at radius 3 is 2.50 bits per heavy atom. The van der Waals surface area contributed by atoms with E-state index in [1.165, 1.54) is 0 Å². The van der Waals surface area contributed by atoms with Gasteiger partial charge in [0, 0.05) is 6.61 Å².